The first kappa shape index (κ1) is 20.9. The number of anilines is 1. The number of hydrogen-bond donors (Lipinski definition) is 1. The number of nitrogens with one attached hydrogen (secondary N) is 1. The number of fused-ring (bicyclic) bond motifs is 1. The highest BCUT2D eigenvalue weighted by Crippen LogP contribution is 2.33. The topological polar surface area (TPSA) is 83.6 Å². The third-order valence-electron chi connectivity index (χ3n) is 4.32. The Bertz CT molecular complexity index is 1270. The Kier molecular flexibility index (Phi) is 6.11. The maximum Gasteiger partial charge on any atom is 0.267 e. The van der Waals surface area contributed by atoms with Crippen molar-refractivity contribution in [3.63, 3.8) is 0 Å². The zero-order valence-electron chi connectivity index (χ0n) is 16.1. The van der Waals surface area contributed by atoms with Crippen LogP contribution in [0.1, 0.15) is 26.6 Å². The number of carbonyl (C=O) groups is 1. The highest BCUT2D eigenvalue weighted by Gasteiger charge is 2.18. The molecule has 0 saturated carbocycles. The molecule has 6 nitrogen and oxygen atoms in total. The second-order valence-corrected chi connectivity index (χ2v) is 10.2. The number of carbonyl (C=O) groups excluding carboxylic acids is 1. The first-order valence-electron chi connectivity index (χ1n) is 8.94. The summed E-state index contributed by atoms with van der Waals surface area (Å²) in [5.41, 5.74) is 2.79. The number of aromatic nitrogens is 3. The van der Waals surface area contributed by atoms with Gasteiger partial charge in [-0.05, 0) is 37.6 Å². The van der Waals surface area contributed by atoms with Crippen LogP contribution in [0.5, 0.6) is 0 Å². The monoisotopic (exact) mass is 473 g/mol. The number of hydrogen-bond acceptors (Lipinski definition) is 7. The maximum atomic E-state index is 12.8. The Morgan fingerprint density at radius 1 is 1.27 bits per heavy atom. The number of nitrogens with zero attached hydrogens (tertiary/aromatic N) is 4. The lowest BCUT2D eigenvalue weighted by Gasteiger charge is -2.03. The number of thiazole rings is 1. The van der Waals surface area contributed by atoms with Crippen LogP contribution in [0, 0.1) is 25.2 Å². The van der Waals surface area contributed by atoms with Crippen LogP contribution in [0.2, 0.25) is 5.02 Å². The Hall–Kier alpha value is -2.38. The van der Waals surface area contributed by atoms with Crippen LogP contribution in [0.25, 0.3) is 10.2 Å². The lowest BCUT2D eigenvalue weighted by atomic mass is 10.2. The molecule has 0 atom stereocenters. The third-order valence-corrected chi connectivity index (χ3v) is 8.02. The minimum atomic E-state index is -0.195. The molecule has 30 heavy (non-hydrogen) atoms. The molecule has 152 valence electrons. The highest BCUT2D eigenvalue weighted by molar-refractivity contribution is 8.01. The van der Waals surface area contributed by atoms with E-state index in [0.29, 0.717) is 27.3 Å². The number of benzene rings is 1. The predicted octanol–water partition coefficient (Wildman–Crippen LogP) is 5.74. The summed E-state index contributed by atoms with van der Waals surface area (Å²) in [7, 11) is 0. The zero-order chi connectivity index (χ0) is 21.3. The second-order valence-electron chi connectivity index (χ2n) is 6.49. The van der Waals surface area contributed by atoms with E-state index in [-0.39, 0.29) is 5.91 Å². The van der Waals surface area contributed by atoms with Gasteiger partial charge in [0.25, 0.3) is 5.91 Å². The number of rotatable bonds is 6. The lowest BCUT2D eigenvalue weighted by molar-refractivity contribution is 0.103. The summed E-state index contributed by atoms with van der Waals surface area (Å²) < 4.78 is 2.86. The molecule has 0 radical (unpaired) electrons. The highest BCUT2D eigenvalue weighted by atomic mass is 35.5. The van der Waals surface area contributed by atoms with Crippen molar-refractivity contribution in [1.82, 2.24) is 14.8 Å². The van der Waals surface area contributed by atoms with Crippen LogP contribution < -0.4 is 5.32 Å². The number of halogens is 1. The number of thiophene rings is 1. The smallest absolute Gasteiger partial charge is 0.267 e. The van der Waals surface area contributed by atoms with Crippen LogP contribution in [-0.2, 0) is 6.54 Å². The molecule has 1 aromatic carbocycles. The maximum absolute atomic E-state index is 12.8. The van der Waals surface area contributed by atoms with E-state index in [9.17, 15) is 4.79 Å². The first-order valence-corrected chi connectivity index (χ1v) is 11.9. The molecule has 4 aromatic rings. The molecular formula is C20H16ClN5OS3. The van der Waals surface area contributed by atoms with Gasteiger partial charge in [-0.2, -0.15) is 10.4 Å². The van der Waals surface area contributed by atoms with Crippen molar-refractivity contribution in [1.29, 1.82) is 5.26 Å². The molecule has 4 rings (SSSR count). The van der Waals surface area contributed by atoms with Gasteiger partial charge in [-0.15, -0.1) is 11.3 Å². The first-order chi connectivity index (χ1) is 14.4. The Balaban J connectivity index is 1.55. The standard InChI is InChI=1S/C20H16ClN5OS3/c1-11-15-9-16(17(27)24-20-23-12(2)19(30-20)28-8-7-22)29-18(15)26(25-11)10-13-3-5-14(21)6-4-13/h3-6,9H,8,10H2,1-2H3,(H,23,24,27). The molecule has 0 aliphatic carbocycles. The predicted molar refractivity (Wildman–Crippen MR) is 124 cm³/mol. The fourth-order valence-corrected chi connectivity index (χ4v) is 5.90. The molecular weight excluding hydrogens is 458 g/mol. The average molecular weight is 474 g/mol. The molecule has 0 aliphatic heterocycles. The molecule has 10 heteroatoms. The molecule has 0 aliphatic rings. The van der Waals surface area contributed by atoms with Gasteiger partial charge in [-0.3, -0.25) is 14.8 Å². The lowest BCUT2D eigenvalue weighted by Crippen LogP contribution is -2.09. The molecule has 0 unspecified atom stereocenters. The van der Waals surface area contributed by atoms with Crippen molar-refractivity contribution in [2.24, 2.45) is 0 Å². The van der Waals surface area contributed by atoms with Crippen LogP contribution in [0.15, 0.2) is 34.5 Å². The third kappa shape index (κ3) is 4.37. The van der Waals surface area contributed by atoms with Crippen LogP contribution in [-0.4, -0.2) is 26.4 Å². The summed E-state index contributed by atoms with van der Waals surface area (Å²) >= 11 is 10.2. The van der Waals surface area contributed by atoms with E-state index < -0.39 is 0 Å². The quantitative estimate of drug-likeness (QED) is 0.361. The van der Waals surface area contributed by atoms with E-state index in [1.54, 1.807) is 0 Å². The van der Waals surface area contributed by atoms with E-state index in [1.165, 1.54) is 34.4 Å². The molecule has 3 heterocycles. The van der Waals surface area contributed by atoms with Gasteiger partial charge in [0.2, 0.25) is 0 Å². The van der Waals surface area contributed by atoms with E-state index in [2.05, 4.69) is 21.5 Å². The molecule has 1 N–H and O–H groups in total. The number of amides is 1. The molecule has 0 spiro atoms. The van der Waals surface area contributed by atoms with Gasteiger partial charge in [0, 0.05) is 10.4 Å². The van der Waals surface area contributed by atoms with Crippen LogP contribution in [0.4, 0.5) is 5.13 Å². The Morgan fingerprint density at radius 2 is 2.03 bits per heavy atom. The normalized spacial score (nSPS) is 11.0. The van der Waals surface area contributed by atoms with Gasteiger partial charge in [-0.1, -0.05) is 46.8 Å². The minimum absolute atomic E-state index is 0.195. The SMILES string of the molecule is Cc1nc(NC(=O)c2cc3c(C)nn(Cc4ccc(Cl)cc4)c3s2)sc1SCC#N. The van der Waals surface area contributed by atoms with Crippen molar-refractivity contribution in [3.8, 4) is 6.07 Å². The molecule has 0 saturated heterocycles. The van der Waals surface area contributed by atoms with Gasteiger partial charge >= 0.3 is 0 Å². The fourth-order valence-electron chi connectivity index (χ4n) is 2.92. The van der Waals surface area contributed by atoms with E-state index in [1.807, 2.05) is 48.9 Å². The van der Waals surface area contributed by atoms with Crippen LogP contribution in [0.3, 0.4) is 0 Å². The van der Waals surface area contributed by atoms with Gasteiger partial charge in [0.05, 0.1) is 38.8 Å². The summed E-state index contributed by atoms with van der Waals surface area (Å²) in [6, 6.07) is 11.6. The minimum Gasteiger partial charge on any atom is -0.297 e. The number of nitriles is 1. The summed E-state index contributed by atoms with van der Waals surface area (Å²) in [5, 5.41) is 18.5. The van der Waals surface area contributed by atoms with E-state index >= 15 is 0 Å². The van der Waals surface area contributed by atoms with Gasteiger partial charge in [0.15, 0.2) is 5.13 Å². The summed E-state index contributed by atoms with van der Waals surface area (Å²) in [6.07, 6.45) is 0. The fraction of sp³-hybridized carbons (Fsp3) is 0.200. The molecule has 1 amide bonds. The van der Waals surface area contributed by atoms with Crippen molar-refractivity contribution in [2.75, 3.05) is 11.1 Å². The summed E-state index contributed by atoms with van der Waals surface area (Å²) in [4.78, 5) is 18.8. The van der Waals surface area contributed by atoms with Crippen LogP contribution >= 0.6 is 46.0 Å². The van der Waals surface area contributed by atoms with Gasteiger partial charge in [0.1, 0.15) is 4.83 Å². The number of thioether (sulfide) groups is 1. The Morgan fingerprint density at radius 3 is 2.77 bits per heavy atom. The number of aryl methyl sites for hydroxylation is 2. The van der Waals surface area contributed by atoms with Crippen molar-refractivity contribution >= 4 is 67.3 Å². The summed E-state index contributed by atoms with van der Waals surface area (Å²) in [5.74, 6) is 0.162. The van der Waals surface area contributed by atoms with Gasteiger partial charge < -0.3 is 0 Å². The zero-order valence-corrected chi connectivity index (χ0v) is 19.3. The largest absolute Gasteiger partial charge is 0.297 e. The molecule has 0 bridgehead atoms. The van der Waals surface area contributed by atoms with E-state index in [0.717, 1.165) is 31.4 Å². The van der Waals surface area contributed by atoms with Crippen molar-refractivity contribution in [2.45, 2.75) is 24.6 Å². The average Bonchev–Trinajstić information content (AvgIpc) is 3.38. The van der Waals surface area contributed by atoms with Gasteiger partial charge in [-0.25, -0.2) is 4.98 Å². The van der Waals surface area contributed by atoms with E-state index in [4.69, 9.17) is 16.9 Å². The summed E-state index contributed by atoms with van der Waals surface area (Å²) in [6.45, 7) is 4.42. The Labute approximate surface area is 190 Å². The van der Waals surface area contributed by atoms with Crippen molar-refractivity contribution in [3.05, 3.63) is 57.2 Å². The molecule has 0 fully saturated rings. The second kappa shape index (κ2) is 8.78. The van der Waals surface area contributed by atoms with Crippen molar-refractivity contribution < 1.29 is 4.79 Å². The molecule has 3 aromatic heterocycles.